The lowest BCUT2D eigenvalue weighted by atomic mass is 9.59. The van der Waals surface area contributed by atoms with E-state index in [1.54, 1.807) is 0 Å². The summed E-state index contributed by atoms with van der Waals surface area (Å²) in [5.41, 5.74) is 11.9. The Morgan fingerprint density at radius 3 is 2.74 bits per heavy atom. The van der Waals surface area contributed by atoms with Crippen LogP contribution in [0.25, 0.3) is 0 Å². The molecule has 1 heterocycles. The molecule has 1 saturated carbocycles. The van der Waals surface area contributed by atoms with Crippen LogP contribution in [0.15, 0.2) is 12.1 Å². The molecule has 3 nitrogen and oxygen atoms in total. The smallest absolute Gasteiger partial charge is 0.0764 e. The van der Waals surface area contributed by atoms with Crippen molar-refractivity contribution in [3.8, 4) is 0 Å². The number of aliphatic hydroxyl groups is 1. The molecule has 1 aromatic rings. The quantitative estimate of drug-likeness (QED) is 0.836. The molecule has 2 aliphatic rings. The molecule has 4 unspecified atom stereocenters. The van der Waals surface area contributed by atoms with Crippen molar-refractivity contribution in [2.45, 2.75) is 70.6 Å². The van der Waals surface area contributed by atoms with Gasteiger partial charge in [-0.05, 0) is 86.7 Å². The first-order valence-electron chi connectivity index (χ1n) is 9.10. The van der Waals surface area contributed by atoms with E-state index in [1.165, 1.54) is 29.5 Å². The predicted molar refractivity (Wildman–Crippen MR) is 95.4 cm³/mol. The topological polar surface area (TPSA) is 49.5 Å². The fraction of sp³-hybridized carbons (Fsp3) is 0.700. The Bertz CT molecular complexity index is 583. The van der Waals surface area contributed by atoms with Gasteiger partial charge in [0.25, 0.3) is 0 Å². The number of nitrogens with two attached hydrogens (primary N) is 1. The van der Waals surface area contributed by atoms with Crippen molar-refractivity contribution in [1.82, 2.24) is 4.90 Å². The van der Waals surface area contributed by atoms with E-state index in [-0.39, 0.29) is 5.41 Å². The van der Waals surface area contributed by atoms with Gasteiger partial charge in [-0.2, -0.15) is 0 Å². The highest BCUT2D eigenvalue weighted by molar-refractivity contribution is 5.47. The summed E-state index contributed by atoms with van der Waals surface area (Å²) in [4.78, 5) is 2.44. The van der Waals surface area contributed by atoms with E-state index in [9.17, 15) is 5.11 Å². The lowest BCUT2D eigenvalue weighted by Gasteiger charge is -2.46. The van der Waals surface area contributed by atoms with Gasteiger partial charge in [0.2, 0.25) is 0 Å². The van der Waals surface area contributed by atoms with Gasteiger partial charge in [-0.3, -0.25) is 0 Å². The molecule has 1 spiro atoms. The number of rotatable bonds is 1. The van der Waals surface area contributed by atoms with Gasteiger partial charge in [-0.25, -0.2) is 0 Å². The third-order valence-corrected chi connectivity index (χ3v) is 6.48. The number of nitrogens with zero attached hydrogens (tertiary/aromatic N) is 1. The van der Waals surface area contributed by atoms with Crippen LogP contribution in [-0.4, -0.2) is 29.6 Å². The molecule has 1 aliphatic heterocycles. The minimum absolute atomic E-state index is 0.227. The number of fused-ring (bicyclic) bond motifs is 2. The van der Waals surface area contributed by atoms with Crippen LogP contribution in [-0.2, 0) is 12.0 Å². The Hall–Kier alpha value is -0.900. The van der Waals surface area contributed by atoms with Crippen LogP contribution in [0.4, 0.5) is 0 Å². The first kappa shape index (κ1) is 16.9. The maximum Gasteiger partial charge on any atom is 0.0764 e. The van der Waals surface area contributed by atoms with Crippen molar-refractivity contribution in [1.29, 1.82) is 0 Å². The Morgan fingerprint density at radius 1 is 1.35 bits per heavy atom. The standard InChI is InChI=1S/C20H32N2O/c1-13-11-17(21)7-8-20(13)9-10-22(4)12-16-5-6-18(15(3)23)14(2)19(16)20/h5-6,13,15,17,23H,7-12,21H2,1-4H3. The minimum Gasteiger partial charge on any atom is -0.389 e. The highest BCUT2D eigenvalue weighted by Gasteiger charge is 2.45. The molecule has 1 aliphatic carbocycles. The average Bonchev–Trinajstić information content (AvgIpc) is 2.61. The normalized spacial score (nSPS) is 33.3. The molecule has 0 amide bonds. The van der Waals surface area contributed by atoms with Gasteiger partial charge in [0, 0.05) is 12.6 Å². The molecular weight excluding hydrogens is 284 g/mol. The van der Waals surface area contributed by atoms with E-state index < -0.39 is 6.10 Å². The van der Waals surface area contributed by atoms with Gasteiger partial charge < -0.3 is 15.7 Å². The highest BCUT2D eigenvalue weighted by Crippen LogP contribution is 2.50. The Labute approximate surface area is 140 Å². The summed E-state index contributed by atoms with van der Waals surface area (Å²) in [7, 11) is 2.22. The summed E-state index contributed by atoms with van der Waals surface area (Å²) >= 11 is 0. The lowest BCUT2D eigenvalue weighted by Crippen LogP contribution is -2.44. The zero-order chi connectivity index (χ0) is 16.8. The van der Waals surface area contributed by atoms with E-state index >= 15 is 0 Å². The predicted octanol–water partition coefficient (Wildman–Crippen LogP) is 3.27. The van der Waals surface area contributed by atoms with Crippen LogP contribution < -0.4 is 5.73 Å². The molecule has 3 rings (SSSR count). The summed E-state index contributed by atoms with van der Waals surface area (Å²) in [5, 5.41) is 10.2. The van der Waals surface area contributed by atoms with Crippen molar-refractivity contribution in [2.24, 2.45) is 11.7 Å². The summed E-state index contributed by atoms with van der Waals surface area (Å²) in [5.74, 6) is 0.597. The zero-order valence-electron chi connectivity index (χ0n) is 15.1. The Kier molecular flexibility index (Phi) is 4.56. The largest absolute Gasteiger partial charge is 0.389 e. The summed E-state index contributed by atoms with van der Waals surface area (Å²) in [6.45, 7) is 8.64. The minimum atomic E-state index is -0.403. The van der Waals surface area contributed by atoms with Crippen molar-refractivity contribution < 1.29 is 5.11 Å². The molecule has 1 aromatic carbocycles. The molecule has 23 heavy (non-hydrogen) atoms. The Morgan fingerprint density at radius 2 is 2.09 bits per heavy atom. The zero-order valence-corrected chi connectivity index (χ0v) is 15.1. The van der Waals surface area contributed by atoms with E-state index in [2.05, 4.69) is 37.9 Å². The fourth-order valence-corrected chi connectivity index (χ4v) is 5.18. The van der Waals surface area contributed by atoms with Crippen molar-refractivity contribution in [2.75, 3.05) is 13.6 Å². The maximum atomic E-state index is 10.2. The van der Waals surface area contributed by atoms with Gasteiger partial charge in [0.15, 0.2) is 0 Å². The van der Waals surface area contributed by atoms with Gasteiger partial charge in [0.05, 0.1) is 6.10 Å². The van der Waals surface area contributed by atoms with Crippen molar-refractivity contribution >= 4 is 0 Å². The maximum absolute atomic E-state index is 10.2. The average molecular weight is 316 g/mol. The van der Waals surface area contributed by atoms with Crippen LogP contribution >= 0.6 is 0 Å². The van der Waals surface area contributed by atoms with Crippen LogP contribution in [0.3, 0.4) is 0 Å². The second-order valence-corrected chi connectivity index (χ2v) is 8.07. The SMILES string of the molecule is Cc1c(C(C)O)ccc2c1C1(CCC(N)CC1C)CCN(C)C2. The summed E-state index contributed by atoms with van der Waals surface area (Å²) in [6, 6.07) is 4.74. The molecule has 4 atom stereocenters. The van der Waals surface area contributed by atoms with Crippen LogP contribution in [0.1, 0.15) is 67.9 Å². The molecule has 0 bridgehead atoms. The third kappa shape index (κ3) is 2.84. The molecule has 3 heteroatoms. The first-order valence-corrected chi connectivity index (χ1v) is 9.10. The second kappa shape index (κ2) is 6.19. The van der Waals surface area contributed by atoms with Crippen molar-refractivity contribution in [3.05, 3.63) is 34.4 Å². The molecule has 0 saturated heterocycles. The fourth-order valence-electron chi connectivity index (χ4n) is 5.18. The van der Waals surface area contributed by atoms with E-state index in [0.717, 1.165) is 31.5 Å². The number of aliphatic hydroxyl groups excluding tert-OH is 1. The first-order chi connectivity index (χ1) is 10.8. The van der Waals surface area contributed by atoms with Gasteiger partial charge in [-0.1, -0.05) is 19.1 Å². The molecule has 0 aromatic heterocycles. The van der Waals surface area contributed by atoms with E-state index in [0.29, 0.717) is 12.0 Å². The van der Waals surface area contributed by atoms with Crippen molar-refractivity contribution in [3.63, 3.8) is 0 Å². The molecule has 3 N–H and O–H groups in total. The second-order valence-electron chi connectivity index (χ2n) is 8.07. The lowest BCUT2D eigenvalue weighted by molar-refractivity contribution is 0.158. The number of hydrogen-bond acceptors (Lipinski definition) is 3. The van der Waals surface area contributed by atoms with Crippen LogP contribution in [0, 0.1) is 12.8 Å². The van der Waals surface area contributed by atoms with E-state index in [1.807, 2.05) is 6.92 Å². The monoisotopic (exact) mass is 316 g/mol. The molecule has 128 valence electrons. The van der Waals surface area contributed by atoms with E-state index in [4.69, 9.17) is 5.73 Å². The van der Waals surface area contributed by atoms with Gasteiger partial charge in [0.1, 0.15) is 0 Å². The van der Waals surface area contributed by atoms with Crippen LogP contribution in [0.5, 0.6) is 0 Å². The molecule has 1 fully saturated rings. The molecular formula is C20H32N2O. The number of hydrogen-bond donors (Lipinski definition) is 2. The third-order valence-electron chi connectivity index (χ3n) is 6.48. The highest BCUT2D eigenvalue weighted by atomic mass is 16.3. The molecule has 0 radical (unpaired) electrons. The number of benzene rings is 1. The van der Waals surface area contributed by atoms with Gasteiger partial charge >= 0.3 is 0 Å². The summed E-state index contributed by atoms with van der Waals surface area (Å²) in [6.07, 6.45) is 4.21. The van der Waals surface area contributed by atoms with Gasteiger partial charge in [-0.15, -0.1) is 0 Å². The Balaban J connectivity index is 2.18. The summed E-state index contributed by atoms with van der Waals surface area (Å²) < 4.78 is 0. The van der Waals surface area contributed by atoms with Crippen LogP contribution in [0.2, 0.25) is 0 Å².